The third kappa shape index (κ3) is 10.3. The van der Waals surface area contributed by atoms with Crippen molar-refractivity contribution in [1.82, 2.24) is 0 Å². The maximum Gasteiger partial charge on any atom is 0.118 e. The van der Waals surface area contributed by atoms with Crippen LogP contribution in [0.5, 0.6) is 23.0 Å². The molecule has 2 N–H and O–H groups in total. The SMILES string of the molecule is COc1ccc(P(=N)(Cc2ccccc2)c2ccc(OC)cc2)cc1.COc1ccc(P(=N)(Cc2ccccc2)c2ccc(OC)cc2)cc1.Cl.Cl. The predicted octanol–water partition coefficient (Wildman–Crippen LogP) is 10.1. The molecule has 0 aliphatic rings. The minimum Gasteiger partial charge on any atom is -0.497 e. The highest BCUT2D eigenvalue weighted by Gasteiger charge is 2.24. The lowest BCUT2D eigenvalue weighted by Gasteiger charge is -2.24. The van der Waals surface area contributed by atoms with E-state index in [-0.39, 0.29) is 24.8 Å². The summed E-state index contributed by atoms with van der Waals surface area (Å²) in [6.07, 6.45) is 1.40. The molecule has 0 amide bonds. The Balaban J connectivity index is 0.000000270. The first-order valence-electron chi connectivity index (χ1n) is 16.2. The Morgan fingerprint density at radius 3 is 0.750 bits per heavy atom. The van der Waals surface area contributed by atoms with E-state index in [1.54, 1.807) is 28.4 Å². The second-order valence-electron chi connectivity index (χ2n) is 11.7. The molecule has 0 aromatic heterocycles. The van der Waals surface area contributed by atoms with Crippen LogP contribution in [0.1, 0.15) is 11.1 Å². The van der Waals surface area contributed by atoms with Gasteiger partial charge in [0.2, 0.25) is 0 Å². The maximum atomic E-state index is 9.42. The zero-order valence-corrected chi connectivity index (χ0v) is 33.2. The van der Waals surface area contributed by atoms with Crippen molar-refractivity contribution in [2.45, 2.75) is 12.3 Å². The Hall–Kier alpha value is -4.44. The molecule has 52 heavy (non-hydrogen) atoms. The fourth-order valence-electron chi connectivity index (χ4n) is 5.72. The van der Waals surface area contributed by atoms with E-state index in [2.05, 4.69) is 24.3 Å². The van der Waals surface area contributed by atoms with E-state index < -0.39 is 14.1 Å². The van der Waals surface area contributed by atoms with Gasteiger partial charge in [-0.15, -0.1) is 24.8 Å². The molecule has 0 aliphatic carbocycles. The van der Waals surface area contributed by atoms with Gasteiger partial charge in [-0.2, -0.15) is 0 Å². The van der Waals surface area contributed by atoms with Crippen LogP contribution in [0.3, 0.4) is 0 Å². The number of nitrogens with one attached hydrogen (secondary N) is 2. The van der Waals surface area contributed by atoms with E-state index in [9.17, 15) is 10.3 Å². The first kappa shape index (κ1) is 42.0. The van der Waals surface area contributed by atoms with E-state index in [1.807, 2.05) is 133 Å². The monoisotopic (exact) mass is 774 g/mol. The molecule has 0 saturated heterocycles. The fraction of sp³-hybridized carbons (Fsp3) is 0.143. The lowest BCUT2D eigenvalue weighted by atomic mass is 10.2. The molecule has 6 aromatic carbocycles. The highest BCUT2D eigenvalue weighted by molar-refractivity contribution is 7.79. The molecule has 272 valence electrons. The number of hydrogen-bond donors (Lipinski definition) is 2. The molecular formula is C42H46Cl2N2O4P2. The van der Waals surface area contributed by atoms with Crippen LogP contribution in [0.15, 0.2) is 158 Å². The van der Waals surface area contributed by atoms with Crippen LogP contribution in [0.4, 0.5) is 0 Å². The number of rotatable bonds is 12. The predicted molar refractivity (Wildman–Crippen MR) is 225 cm³/mol. The van der Waals surface area contributed by atoms with Crippen LogP contribution >= 0.6 is 38.9 Å². The molecule has 0 radical (unpaired) electrons. The molecule has 10 heteroatoms. The number of benzene rings is 6. The van der Waals surface area contributed by atoms with Crippen molar-refractivity contribution in [3.05, 3.63) is 169 Å². The third-order valence-electron chi connectivity index (χ3n) is 8.58. The molecule has 0 spiro atoms. The quantitative estimate of drug-likeness (QED) is 0.121. The molecule has 0 atom stereocenters. The van der Waals surface area contributed by atoms with E-state index in [0.717, 1.165) is 44.2 Å². The molecule has 6 nitrogen and oxygen atoms in total. The van der Waals surface area contributed by atoms with Crippen LogP contribution in [0, 0.1) is 10.3 Å². The Bertz CT molecular complexity index is 1780. The summed E-state index contributed by atoms with van der Waals surface area (Å²) >= 11 is 0. The van der Waals surface area contributed by atoms with E-state index in [4.69, 9.17) is 18.9 Å². The molecule has 0 fully saturated rings. The van der Waals surface area contributed by atoms with Gasteiger partial charge in [-0.05, 0) is 129 Å². The molecule has 6 rings (SSSR count). The molecule has 0 heterocycles. The van der Waals surface area contributed by atoms with E-state index >= 15 is 0 Å². The van der Waals surface area contributed by atoms with Crippen LogP contribution < -0.4 is 40.2 Å². The minimum atomic E-state index is -2.32. The maximum absolute atomic E-state index is 9.42. The van der Waals surface area contributed by atoms with Crippen molar-refractivity contribution in [3.63, 3.8) is 0 Å². The summed E-state index contributed by atoms with van der Waals surface area (Å²) < 4.78 is 21.1. The van der Waals surface area contributed by atoms with Gasteiger partial charge in [0.05, 0.1) is 28.4 Å². The summed E-state index contributed by atoms with van der Waals surface area (Å²) in [7, 11) is 2.00. The van der Waals surface area contributed by atoms with Crippen molar-refractivity contribution in [2.24, 2.45) is 0 Å². The molecule has 0 saturated carbocycles. The Morgan fingerprint density at radius 1 is 0.346 bits per heavy atom. The number of halogens is 2. The van der Waals surface area contributed by atoms with Crippen molar-refractivity contribution in [2.75, 3.05) is 28.4 Å². The fourth-order valence-corrected chi connectivity index (χ4v) is 11.2. The van der Waals surface area contributed by atoms with Gasteiger partial charge in [-0.3, -0.25) is 0 Å². The van der Waals surface area contributed by atoms with Crippen LogP contribution in [-0.4, -0.2) is 28.4 Å². The third-order valence-corrected chi connectivity index (χ3v) is 15.0. The average molecular weight is 776 g/mol. The zero-order chi connectivity index (χ0) is 35.4. The van der Waals surface area contributed by atoms with Gasteiger partial charge in [0, 0.05) is 26.4 Å². The summed E-state index contributed by atoms with van der Waals surface area (Å²) in [5, 5.41) is 23.0. The Labute approximate surface area is 320 Å². The first-order chi connectivity index (χ1) is 24.3. The number of methoxy groups -OCH3 is 4. The standard InChI is InChI=1S/2C21H22NO2P.2ClH/c2*1-23-18-8-12-20(13-9-18)25(22,16-17-6-4-3-5-7-17)21-14-10-19(24-2)11-15-21;;/h2*3-15,22H,16H2,1-2H3;2*1H. The summed E-state index contributed by atoms with van der Waals surface area (Å²) in [5.41, 5.74) is 2.36. The largest absolute Gasteiger partial charge is 0.497 e. The summed E-state index contributed by atoms with van der Waals surface area (Å²) in [6.45, 7) is 0. The minimum absolute atomic E-state index is 0. The van der Waals surface area contributed by atoms with Crippen molar-refractivity contribution in [1.29, 1.82) is 10.3 Å². The van der Waals surface area contributed by atoms with Gasteiger partial charge in [-0.25, -0.2) is 0 Å². The van der Waals surface area contributed by atoms with Gasteiger partial charge in [0.15, 0.2) is 0 Å². The summed E-state index contributed by atoms with van der Waals surface area (Å²) in [4.78, 5) is 0. The zero-order valence-electron chi connectivity index (χ0n) is 29.8. The second kappa shape index (κ2) is 20.0. The van der Waals surface area contributed by atoms with Gasteiger partial charge in [-0.1, -0.05) is 60.7 Å². The van der Waals surface area contributed by atoms with Gasteiger partial charge in [0.1, 0.15) is 23.0 Å². The lowest BCUT2D eigenvalue weighted by molar-refractivity contribution is 0.415. The normalized spacial score (nSPS) is 10.7. The summed E-state index contributed by atoms with van der Waals surface area (Å²) in [5.74, 6) is 3.24. The highest BCUT2D eigenvalue weighted by Crippen LogP contribution is 2.49. The number of ether oxygens (including phenoxy) is 4. The van der Waals surface area contributed by atoms with Crippen LogP contribution in [-0.2, 0) is 12.3 Å². The van der Waals surface area contributed by atoms with Crippen molar-refractivity contribution >= 4 is 60.1 Å². The van der Waals surface area contributed by atoms with Crippen LogP contribution in [0.25, 0.3) is 0 Å². The molecule has 0 bridgehead atoms. The van der Waals surface area contributed by atoms with E-state index in [0.29, 0.717) is 12.3 Å². The van der Waals surface area contributed by atoms with Crippen molar-refractivity contribution < 1.29 is 18.9 Å². The Morgan fingerprint density at radius 2 is 0.558 bits per heavy atom. The first-order valence-corrected chi connectivity index (χ1v) is 20.2. The average Bonchev–Trinajstić information content (AvgIpc) is 3.19. The molecule has 0 unspecified atom stereocenters. The Kier molecular flexibility index (Phi) is 16.1. The lowest BCUT2D eigenvalue weighted by Crippen LogP contribution is -2.17. The molecule has 6 aromatic rings. The topological polar surface area (TPSA) is 84.6 Å². The van der Waals surface area contributed by atoms with E-state index in [1.165, 1.54) is 11.1 Å². The van der Waals surface area contributed by atoms with Crippen molar-refractivity contribution in [3.8, 4) is 23.0 Å². The molecule has 0 aliphatic heterocycles. The van der Waals surface area contributed by atoms with Crippen LogP contribution in [0.2, 0.25) is 0 Å². The van der Waals surface area contributed by atoms with Gasteiger partial charge in [0.25, 0.3) is 0 Å². The van der Waals surface area contributed by atoms with Gasteiger partial charge >= 0.3 is 0 Å². The summed E-state index contributed by atoms with van der Waals surface area (Å²) in [6, 6.07) is 52.2. The highest BCUT2D eigenvalue weighted by atomic mass is 35.5. The second-order valence-corrected chi connectivity index (χ2v) is 17.6. The van der Waals surface area contributed by atoms with Gasteiger partial charge < -0.3 is 29.3 Å². The smallest absolute Gasteiger partial charge is 0.118 e. The molecular weight excluding hydrogens is 729 g/mol. The number of hydrogen-bond acceptors (Lipinski definition) is 6.